The molecule has 0 heterocycles. The molecular weight excluding hydrogens is 390 g/mol. The minimum absolute atomic E-state index is 0.0277. The lowest BCUT2D eigenvalue weighted by Crippen LogP contribution is -2.49. The van der Waals surface area contributed by atoms with Crippen LogP contribution in [0.3, 0.4) is 0 Å². The second-order valence-corrected chi connectivity index (χ2v) is 6.80. The first-order valence-corrected chi connectivity index (χ1v) is 9.26. The lowest BCUT2D eigenvalue weighted by molar-refractivity contribution is -0.138. The summed E-state index contributed by atoms with van der Waals surface area (Å²) in [6.07, 6.45) is -1.40. The SMILES string of the molecule is NC(=O)CC(NC(=O)OCC1c2ccccc2-c2ccccc21)C(=O)NCC(=O)O. The van der Waals surface area contributed by atoms with Crippen LogP contribution in [-0.4, -0.2) is 48.2 Å². The molecule has 3 rings (SSSR count). The van der Waals surface area contributed by atoms with Crippen LogP contribution in [0.15, 0.2) is 48.5 Å². The van der Waals surface area contributed by atoms with Crippen molar-refractivity contribution in [3.05, 3.63) is 59.7 Å². The van der Waals surface area contributed by atoms with Gasteiger partial charge in [-0.15, -0.1) is 0 Å². The van der Waals surface area contributed by atoms with Crippen molar-refractivity contribution in [1.82, 2.24) is 10.6 Å². The Hall–Kier alpha value is -3.88. The second kappa shape index (κ2) is 9.08. The number of alkyl carbamates (subject to hydrolysis) is 1. The third kappa shape index (κ3) is 4.75. The van der Waals surface area contributed by atoms with Gasteiger partial charge in [-0.25, -0.2) is 4.79 Å². The Morgan fingerprint density at radius 3 is 2.10 bits per heavy atom. The van der Waals surface area contributed by atoms with Crippen molar-refractivity contribution in [2.24, 2.45) is 5.73 Å². The number of carboxylic acid groups (broad SMARTS) is 1. The number of benzene rings is 2. The molecule has 30 heavy (non-hydrogen) atoms. The Labute approximate surface area is 172 Å². The van der Waals surface area contributed by atoms with Gasteiger partial charge in [-0.2, -0.15) is 0 Å². The molecule has 0 bridgehead atoms. The molecule has 0 saturated heterocycles. The van der Waals surface area contributed by atoms with Gasteiger partial charge >= 0.3 is 12.1 Å². The Morgan fingerprint density at radius 1 is 1.00 bits per heavy atom. The fraction of sp³-hybridized carbons (Fsp3) is 0.238. The van der Waals surface area contributed by atoms with E-state index in [4.69, 9.17) is 15.6 Å². The highest BCUT2D eigenvalue weighted by Crippen LogP contribution is 2.44. The maximum atomic E-state index is 12.3. The number of nitrogens with one attached hydrogen (secondary N) is 2. The number of carbonyl (C=O) groups excluding carboxylic acids is 3. The molecule has 1 aliphatic carbocycles. The first-order chi connectivity index (χ1) is 14.4. The van der Waals surface area contributed by atoms with E-state index in [0.717, 1.165) is 22.3 Å². The van der Waals surface area contributed by atoms with Gasteiger partial charge < -0.3 is 26.2 Å². The molecule has 0 saturated carbocycles. The van der Waals surface area contributed by atoms with Gasteiger partial charge in [0.15, 0.2) is 0 Å². The quantitative estimate of drug-likeness (QED) is 0.509. The molecule has 2 aromatic rings. The average Bonchev–Trinajstić information content (AvgIpc) is 3.03. The molecule has 5 N–H and O–H groups in total. The number of aliphatic carboxylic acids is 1. The summed E-state index contributed by atoms with van der Waals surface area (Å²) in [5.41, 5.74) is 9.31. The molecule has 1 atom stereocenters. The third-order valence-electron chi connectivity index (χ3n) is 4.77. The summed E-state index contributed by atoms with van der Waals surface area (Å²) in [6, 6.07) is 14.3. The van der Waals surface area contributed by atoms with E-state index >= 15 is 0 Å². The van der Waals surface area contributed by atoms with E-state index < -0.39 is 42.9 Å². The number of hydrogen-bond donors (Lipinski definition) is 4. The maximum absolute atomic E-state index is 12.3. The molecule has 9 nitrogen and oxygen atoms in total. The van der Waals surface area contributed by atoms with Gasteiger partial charge in [0, 0.05) is 5.92 Å². The normalized spacial score (nSPS) is 12.9. The molecule has 9 heteroatoms. The highest BCUT2D eigenvalue weighted by Gasteiger charge is 2.30. The lowest BCUT2D eigenvalue weighted by Gasteiger charge is -2.18. The average molecular weight is 411 g/mol. The van der Waals surface area contributed by atoms with Crippen molar-refractivity contribution < 1.29 is 29.0 Å². The summed E-state index contributed by atoms with van der Waals surface area (Å²) >= 11 is 0. The second-order valence-electron chi connectivity index (χ2n) is 6.80. The van der Waals surface area contributed by atoms with Crippen molar-refractivity contribution in [2.45, 2.75) is 18.4 Å². The van der Waals surface area contributed by atoms with Crippen molar-refractivity contribution in [1.29, 1.82) is 0 Å². The summed E-state index contributed by atoms with van der Waals surface area (Å²) < 4.78 is 5.33. The van der Waals surface area contributed by atoms with Gasteiger partial charge in [-0.3, -0.25) is 14.4 Å². The number of carbonyl (C=O) groups is 4. The predicted octanol–water partition coefficient (Wildman–Crippen LogP) is 0.970. The molecule has 0 spiro atoms. The number of hydrogen-bond acceptors (Lipinski definition) is 5. The minimum Gasteiger partial charge on any atom is -0.480 e. The Morgan fingerprint density at radius 2 is 1.57 bits per heavy atom. The number of fused-ring (bicyclic) bond motifs is 3. The van der Waals surface area contributed by atoms with E-state index in [0.29, 0.717) is 0 Å². The van der Waals surface area contributed by atoms with Gasteiger partial charge in [0.05, 0.1) is 6.42 Å². The van der Waals surface area contributed by atoms with Crippen molar-refractivity contribution in [3.8, 4) is 11.1 Å². The third-order valence-corrected chi connectivity index (χ3v) is 4.77. The monoisotopic (exact) mass is 411 g/mol. The number of rotatable bonds is 8. The summed E-state index contributed by atoms with van der Waals surface area (Å²) in [7, 11) is 0. The number of amides is 3. The Balaban J connectivity index is 1.66. The smallest absolute Gasteiger partial charge is 0.407 e. The summed E-state index contributed by atoms with van der Waals surface area (Å²) in [5, 5.41) is 13.0. The number of nitrogens with two attached hydrogens (primary N) is 1. The molecule has 0 aromatic heterocycles. The van der Waals surface area contributed by atoms with Gasteiger partial charge in [0.1, 0.15) is 19.2 Å². The molecule has 2 aromatic carbocycles. The van der Waals surface area contributed by atoms with Crippen LogP contribution in [-0.2, 0) is 19.1 Å². The number of carboxylic acids is 1. The molecule has 0 fully saturated rings. The van der Waals surface area contributed by atoms with Crippen molar-refractivity contribution in [3.63, 3.8) is 0 Å². The molecule has 156 valence electrons. The molecule has 1 aliphatic rings. The van der Waals surface area contributed by atoms with Crippen LogP contribution in [0.1, 0.15) is 23.5 Å². The molecule has 0 radical (unpaired) electrons. The summed E-state index contributed by atoms with van der Waals surface area (Å²) in [4.78, 5) is 46.1. The molecule has 1 unspecified atom stereocenters. The first-order valence-electron chi connectivity index (χ1n) is 9.26. The zero-order valence-corrected chi connectivity index (χ0v) is 16.0. The largest absolute Gasteiger partial charge is 0.480 e. The Kier molecular flexibility index (Phi) is 6.31. The van der Waals surface area contributed by atoms with Crippen LogP contribution < -0.4 is 16.4 Å². The van der Waals surface area contributed by atoms with Gasteiger partial charge in [0.2, 0.25) is 11.8 Å². The van der Waals surface area contributed by atoms with Crippen LogP contribution in [0.5, 0.6) is 0 Å². The van der Waals surface area contributed by atoms with E-state index in [1.807, 2.05) is 48.5 Å². The van der Waals surface area contributed by atoms with Crippen molar-refractivity contribution in [2.75, 3.05) is 13.2 Å². The molecule has 3 amide bonds. The van der Waals surface area contributed by atoms with E-state index in [1.54, 1.807) is 0 Å². The van der Waals surface area contributed by atoms with Crippen LogP contribution in [0.25, 0.3) is 11.1 Å². The highest BCUT2D eigenvalue weighted by atomic mass is 16.5. The fourth-order valence-electron chi connectivity index (χ4n) is 3.48. The van der Waals surface area contributed by atoms with Gasteiger partial charge in [-0.1, -0.05) is 48.5 Å². The predicted molar refractivity (Wildman–Crippen MR) is 106 cm³/mol. The van der Waals surface area contributed by atoms with E-state index in [9.17, 15) is 19.2 Å². The first kappa shape index (κ1) is 20.8. The van der Waals surface area contributed by atoms with E-state index in [-0.39, 0.29) is 12.5 Å². The number of ether oxygens (including phenoxy) is 1. The Bertz CT molecular complexity index is 945. The number of primary amides is 1. The lowest BCUT2D eigenvalue weighted by atomic mass is 9.98. The van der Waals surface area contributed by atoms with Gasteiger partial charge in [0.25, 0.3) is 0 Å². The molecule has 0 aliphatic heterocycles. The van der Waals surface area contributed by atoms with Gasteiger partial charge in [-0.05, 0) is 22.3 Å². The van der Waals surface area contributed by atoms with E-state index in [1.165, 1.54) is 0 Å². The van der Waals surface area contributed by atoms with Crippen LogP contribution in [0.4, 0.5) is 4.79 Å². The topological polar surface area (TPSA) is 148 Å². The summed E-state index contributed by atoms with van der Waals surface area (Å²) in [6.45, 7) is -0.625. The van der Waals surface area contributed by atoms with Crippen LogP contribution in [0.2, 0.25) is 0 Å². The minimum atomic E-state index is -1.34. The zero-order valence-electron chi connectivity index (χ0n) is 16.0. The standard InChI is InChI=1S/C21H21N3O6/c22-18(25)9-17(20(28)23-10-19(26)27)24-21(29)30-11-16-14-7-3-1-5-12(14)13-6-2-4-8-15(13)16/h1-8,16-17H,9-11H2,(H2,22,25)(H,23,28)(H,24,29)(H,26,27). The fourth-order valence-corrected chi connectivity index (χ4v) is 3.48. The van der Waals surface area contributed by atoms with Crippen LogP contribution >= 0.6 is 0 Å². The van der Waals surface area contributed by atoms with Crippen LogP contribution in [0, 0.1) is 0 Å². The van der Waals surface area contributed by atoms with E-state index in [2.05, 4.69) is 10.6 Å². The van der Waals surface area contributed by atoms with Crippen molar-refractivity contribution >= 4 is 23.9 Å². The highest BCUT2D eigenvalue weighted by molar-refractivity contribution is 5.91. The molecular formula is C21H21N3O6. The zero-order chi connectivity index (χ0) is 21.7. The maximum Gasteiger partial charge on any atom is 0.407 e. The summed E-state index contributed by atoms with van der Waals surface area (Å²) in [5.74, 6) is -3.10.